The first kappa shape index (κ1) is 30.1. The average Bonchev–Trinajstić information content (AvgIpc) is 3.14. The third kappa shape index (κ3) is 6.57. The first-order valence-corrected chi connectivity index (χ1v) is 15.6. The zero-order chi connectivity index (χ0) is 29.4. The number of hydrogen-bond donors (Lipinski definition) is 1. The van der Waals surface area contributed by atoms with Crippen molar-refractivity contribution in [1.82, 2.24) is 5.32 Å². The van der Waals surface area contributed by atoms with Gasteiger partial charge in [-0.1, -0.05) is 85.3 Å². The van der Waals surface area contributed by atoms with Crippen molar-refractivity contribution < 1.29 is 0 Å². The molecular formula is C38H40N2S. The number of allylic oxidation sites excluding steroid dienone is 2. The fourth-order valence-electron chi connectivity index (χ4n) is 5.60. The Kier molecular flexibility index (Phi) is 10.4. The first-order chi connectivity index (χ1) is 20.0. The summed E-state index contributed by atoms with van der Waals surface area (Å²) in [7, 11) is 2.02. The number of rotatable bonds is 6. The molecule has 0 aromatic heterocycles. The molecule has 1 aliphatic rings. The molecule has 0 fully saturated rings. The molecule has 0 spiro atoms. The van der Waals surface area contributed by atoms with Gasteiger partial charge in [-0.25, -0.2) is 0 Å². The van der Waals surface area contributed by atoms with E-state index >= 15 is 0 Å². The minimum Gasteiger partial charge on any atom is -0.319 e. The second-order valence-corrected chi connectivity index (χ2v) is 11.2. The van der Waals surface area contributed by atoms with Crippen LogP contribution in [0.15, 0.2) is 101 Å². The highest BCUT2D eigenvalue weighted by molar-refractivity contribution is 7.98. The van der Waals surface area contributed by atoms with Crippen LogP contribution in [0.4, 0.5) is 0 Å². The number of nitriles is 1. The van der Waals surface area contributed by atoms with Gasteiger partial charge < -0.3 is 5.32 Å². The molecule has 0 heterocycles. The fraction of sp³-hybridized carbons (Fsp3) is 0.237. The highest BCUT2D eigenvalue weighted by Crippen LogP contribution is 2.43. The van der Waals surface area contributed by atoms with E-state index in [-0.39, 0.29) is 0 Å². The summed E-state index contributed by atoms with van der Waals surface area (Å²) in [6.45, 7) is 9.52. The summed E-state index contributed by atoms with van der Waals surface area (Å²) in [6, 6.07) is 28.0. The number of thioether (sulfide) groups is 1. The molecule has 4 aromatic rings. The molecule has 0 saturated carbocycles. The van der Waals surface area contributed by atoms with Crippen LogP contribution in [-0.4, -0.2) is 19.8 Å². The Morgan fingerprint density at radius 2 is 1.76 bits per heavy atom. The molecule has 41 heavy (non-hydrogen) atoms. The second kappa shape index (κ2) is 14.2. The lowest BCUT2D eigenvalue weighted by Gasteiger charge is -2.22. The highest BCUT2D eigenvalue weighted by Gasteiger charge is 2.24. The molecule has 0 amide bonds. The number of nitrogens with zero attached hydrogens (tertiary/aromatic N) is 1. The minimum atomic E-state index is 0.304. The van der Waals surface area contributed by atoms with Gasteiger partial charge in [0.1, 0.15) is 0 Å². The molecule has 0 aliphatic heterocycles. The van der Waals surface area contributed by atoms with Gasteiger partial charge in [-0.3, -0.25) is 0 Å². The van der Waals surface area contributed by atoms with Crippen molar-refractivity contribution >= 4 is 34.2 Å². The smallest absolute Gasteiger partial charge is 0.0991 e. The summed E-state index contributed by atoms with van der Waals surface area (Å²) in [4.78, 5) is 1.25. The van der Waals surface area contributed by atoms with Gasteiger partial charge in [-0.05, 0) is 114 Å². The van der Waals surface area contributed by atoms with Crippen LogP contribution >= 0.6 is 11.8 Å². The van der Waals surface area contributed by atoms with E-state index in [0.717, 1.165) is 18.5 Å². The molecule has 5 rings (SSSR count). The Bertz CT molecular complexity index is 1670. The quantitative estimate of drug-likeness (QED) is 0.190. The van der Waals surface area contributed by atoms with Gasteiger partial charge in [0.25, 0.3) is 0 Å². The van der Waals surface area contributed by atoms with Crippen molar-refractivity contribution in [1.29, 1.82) is 5.26 Å². The van der Waals surface area contributed by atoms with Crippen molar-refractivity contribution in [3.05, 3.63) is 124 Å². The number of aryl methyl sites for hydroxylation is 1. The van der Waals surface area contributed by atoms with Gasteiger partial charge in [-0.2, -0.15) is 5.26 Å². The summed E-state index contributed by atoms with van der Waals surface area (Å²) in [5.41, 5.74) is 10.7. The zero-order valence-electron chi connectivity index (χ0n) is 25.1. The number of fused-ring (bicyclic) bond motifs is 3. The monoisotopic (exact) mass is 556 g/mol. The van der Waals surface area contributed by atoms with Gasteiger partial charge in [0.15, 0.2) is 0 Å². The third-order valence-corrected chi connectivity index (χ3v) is 8.48. The minimum absolute atomic E-state index is 0.304. The zero-order valence-corrected chi connectivity index (χ0v) is 25.9. The van der Waals surface area contributed by atoms with Crippen LogP contribution in [0, 0.1) is 24.2 Å². The Balaban J connectivity index is 0.000000714. The van der Waals surface area contributed by atoms with E-state index in [0.29, 0.717) is 11.5 Å². The van der Waals surface area contributed by atoms with E-state index in [4.69, 9.17) is 0 Å². The largest absolute Gasteiger partial charge is 0.319 e. The van der Waals surface area contributed by atoms with Crippen LogP contribution in [0.2, 0.25) is 0 Å². The molecule has 0 bridgehead atoms. The molecular weight excluding hydrogens is 516 g/mol. The van der Waals surface area contributed by atoms with E-state index < -0.39 is 0 Å². The van der Waals surface area contributed by atoms with Crippen molar-refractivity contribution in [2.45, 2.75) is 39.0 Å². The third-order valence-electron chi connectivity index (χ3n) is 7.70. The normalized spacial score (nSPS) is 14.4. The Labute approximate surface area is 250 Å². The highest BCUT2D eigenvalue weighted by atomic mass is 32.2. The fourth-order valence-corrected chi connectivity index (χ4v) is 6.22. The Hall–Kier alpha value is -3.84. The van der Waals surface area contributed by atoms with Crippen molar-refractivity contribution in [2.24, 2.45) is 5.92 Å². The van der Waals surface area contributed by atoms with E-state index in [1.165, 1.54) is 54.6 Å². The van der Waals surface area contributed by atoms with E-state index in [1.807, 2.05) is 32.2 Å². The second-order valence-electron chi connectivity index (χ2n) is 10.4. The lowest BCUT2D eigenvalue weighted by Crippen LogP contribution is -2.18. The molecule has 0 radical (unpaired) electrons. The van der Waals surface area contributed by atoms with Gasteiger partial charge in [0.2, 0.25) is 0 Å². The standard InChI is InChI=1S/C33H30N2S.C5H10/c1-21-16-31(32(36-4)18-30(21)25-10-7-8-23(17-25)19-34)33-22(2)26(20-35-3)13-14-28-27-11-6-5-9-24(27)12-15-29(28)33;1-3-5-4-2/h5-18,26,35H,20H2,1-4H3;3,5H,4H2,1-2H3/b;5-3+. The van der Waals surface area contributed by atoms with E-state index in [2.05, 4.69) is 117 Å². The molecule has 4 aromatic carbocycles. The predicted octanol–water partition coefficient (Wildman–Crippen LogP) is 10.1. The summed E-state index contributed by atoms with van der Waals surface area (Å²) in [5, 5.41) is 15.4. The summed E-state index contributed by atoms with van der Waals surface area (Å²) in [6.07, 6.45) is 12.2. The number of hydrogen-bond acceptors (Lipinski definition) is 3. The summed E-state index contributed by atoms with van der Waals surface area (Å²) in [5.74, 6) is 0.304. The predicted molar refractivity (Wildman–Crippen MR) is 180 cm³/mol. The van der Waals surface area contributed by atoms with Gasteiger partial charge in [-0.15, -0.1) is 11.8 Å². The van der Waals surface area contributed by atoms with E-state index in [9.17, 15) is 5.26 Å². The number of nitrogens with one attached hydrogen (secondary N) is 1. The SMILES string of the molecule is C/C=C/CC.CNCC1C=Cc2c(ccc3ccccc23)C(c2cc(C)c(-c3cccc(C#N)c3)cc2SC)=C1C. The van der Waals surface area contributed by atoms with Crippen LogP contribution in [0.5, 0.6) is 0 Å². The van der Waals surface area contributed by atoms with Crippen molar-refractivity contribution in [2.75, 3.05) is 19.8 Å². The van der Waals surface area contributed by atoms with Crippen LogP contribution < -0.4 is 5.32 Å². The Morgan fingerprint density at radius 1 is 0.951 bits per heavy atom. The first-order valence-electron chi connectivity index (χ1n) is 14.3. The molecule has 3 heteroatoms. The molecule has 0 saturated heterocycles. The molecule has 1 N–H and O–H groups in total. The molecule has 2 nitrogen and oxygen atoms in total. The van der Waals surface area contributed by atoms with Gasteiger partial charge in [0.05, 0.1) is 11.6 Å². The lowest BCUT2D eigenvalue weighted by atomic mass is 9.85. The maximum atomic E-state index is 9.41. The van der Waals surface area contributed by atoms with Crippen LogP contribution in [0.25, 0.3) is 33.5 Å². The topological polar surface area (TPSA) is 35.8 Å². The van der Waals surface area contributed by atoms with Gasteiger partial charge >= 0.3 is 0 Å². The van der Waals surface area contributed by atoms with Gasteiger partial charge in [0, 0.05) is 17.4 Å². The number of benzene rings is 4. The lowest BCUT2D eigenvalue weighted by molar-refractivity contribution is 0.676. The molecule has 1 aliphatic carbocycles. The van der Waals surface area contributed by atoms with Crippen molar-refractivity contribution in [3.8, 4) is 17.2 Å². The maximum absolute atomic E-state index is 9.41. The molecule has 1 atom stereocenters. The molecule has 208 valence electrons. The summed E-state index contributed by atoms with van der Waals surface area (Å²) >= 11 is 1.78. The molecule has 1 unspecified atom stereocenters. The van der Waals surface area contributed by atoms with Crippen LogP contribution in [-0.2, 0) is 0 Å². The summed E-state index contributed by atoms with van der Waals surface area (Å²) < 4.78 is 0. The van der Waals surface area contributed by atoms with E-state index in [1.54, 1.807) is 11.8 Å². The maximum Gasteiger partial charge on any atom is 0.0991 e. The van der Waals surface area contributed by atoms with Crippen molar-refractivity contribution in [3.63, 3.8) is 0 Å². The average molecular weight is 557 g/mol. The van der Waals surface area contributed by atoms with Crippen LogP contribution in [0.3, 0.4) is 0 Å². The van der Waals surface area contributed by atoms with Crippen LogP contribution in [0.1, 0.15) is 55.0 Å². The Morgan fingerprint density at radius 3 is 2.44 bits per heavy atom.